The molecular weight excluding hydrogens is 299 g/mol. The average Bonchev–Trinajstić information content (AvgIpc) is 2.88. The van der Waals surface area contributed by atoms with Crippen LogP contribution in [0.25, 0.3) is 0 Å². The molecule has 0 aliphatic rings. The van der Waals surface area contributed by atoms with Gasteiger partial charge in [-0.3, -0.25) is 0 Å². The van der Waals surface area contributed by atoms with Gasteiger partial charge in [0.2, 0.25) is 10.0 Å². The fourth-order valence-electron chi connectivity index (χ4n) is 1.72. The molecule has 7 heteroatoms. The lowest BCUT2D eigenvalue weighted by molar-refractivity contribution is 0.580. The van der Waals surface area contributed by atoms with Crippen LogP contribution in [0.2, 0.25) is 0 Å². The Labute approximate surface area is 121 Å². The van der Waals surface area contributed by atoms with Crippen molar-refractivity contribution in [3.05, 3.63) is 52.0 Å². The van der Waals surface area contributed by atoms with Gasteiger partial charge >= 0.3 is 0 Å². The van der Waals surface area contributed by atoms with Crippen molar-refractivity contribution in [2.45, 2.75) is 18.0 Å². The second-order valence-electron chi connectivity index (χ2n) is 4.19. The first-order valence-corrected chi connectivity index (χ1v) is 8.34. The van der Waals surface area contributed by atoms with E-state index in [9.17, 15) is 12.8 Å². The molecule has 20 heavy (non-hydrogen) atoms. The summed E-state index contributed by atoms with van der Waals surface area (Å²) in [6.45, 7) is 0.641. The van der Waals surface area contributed by atoms with E-state index in [0.29, 0.717) is 17.0 Å². The van der Waals surface area contributed by atoms with Gasteiger partial charge in [-0.15, -0.1) is 11.3 Å². The van der Waals surface area contributed by atoms with Gasteiger partial charge in [-0.2, -0.15) is 0 Å². The van der Waals surface area contributed by atoms with E-state index in [1.807, 2.05) is 0 Å². The molecule has 0 spiro atoms. The normalized spacial score (nSPS) is 11.7. The minimum atomic E-state index is -3.55. The number of thiophene rings is 1. The highest BCUT2D eigenvalue weighted by molar-refractivity contribution is 7.89. The third kappa shape index (κ3) is 3.63. The van der Waals surface area contributed by atoms with Crippen molar-refractivity contribution < 1.29 is 12.8 Å². The molecule has 2 rings (SSSR count). The van der Waals surface area contributed by atoms with Crippen LogP contribution in [-0.2, 0) is 23.1 Å². The molecule has 2 aromatic rings. The summed E-state index contributed by atoms with van der Waals surface area (Å²) in [6.07, 6.45) is 0. The molecule has 2 N–H and O–H groups in total. The molecule has 0 aliphatic heterocycles. The number of sulfonamides is 1. The number of nitrogens with one attached hydrogen (secondary N) is 2. The van der Waals surface area contributed by atoms with Crippen LogP contribution in [0.1, 0.15) is 10.4 Å². The van der Waals surface area contributed by atoms with Gasteiger partial charge in [-0.05, 0) is 36.2 Å². The number of halogens is 1. The quantitative estimate of drug-likeness (QED) is 0.858. The lowest BCUT2D eigenvalue weighted by atomic mass is 10.2. The first-order chi connectivity index (χ1) is 9.53. The van der Waals surface area contributed by atoms with Crippen molar-refractivity contribution in [3.8, 4) is 0 Å². The highest BCUT2D eigenvalue weighted by atomic mass is 32.2. The van der Waals surface area contributed by atoms with Gasteiger partial charge in [0.25, 0.3) is 0 Å². The molecule has 0 aliphatic carbocycles. The molecule has 1 aromatic carbocycles. The van der Waals surface area contributed by atoms with Crippen molar-refractivity contribution in [1.82, 2.24) is 10.0 Å². The Kier molecular flexibility index (Phi) is 4.87. The van der Waals surface area contributed by atoms with E-state index in [2.05, 4.69) is 10.0 Å². The van der Waals surface area contributed by atoms with Gasteiger partial charge in [0.15, 0.2) is 0 Å². The van der Waals surface area contributed by atoms with E-state index in [0.717, 1.165) is 4.88 Å². The minimum Gasteiger partial charge on any atom is -0.315 e. The fourth-order valence-corrected chi connectivity index (χ4v) is 4.19. The Balaban J connectivity index is 2.11. The summed E-state index contributed by atoms with van der Waals surface area (Å²) in [7, 11) is -1.79. The summed E-state index contributed by atoms with van der Waals surface area (Å²) in [5.74, 6) is -0.342. The zero-order valence-corrected chi connectivity index (χ0v) is 12.5. The summed E-state index contributed by atoms with van der Waals surface area (Å²) < 4.78 is 39.7. The SMILES string of the molecule is CNCc1sccc1S(=O)(=O)NCc1ccc(F)cc1. The Hall–Kier alpha value is -1.28. The molecular formula is C13H15FN2O2S2. The highest BCUT2D eigenvalue weighted by Gasteiger charge is 2.18. The number of benzene rings is 1. The van der Waals surface area contributed by atoms with Crippen molar-refractivity contribution in [2.24, 2.45) is 0 Å². The van der Waals surface area contributed by atoms with Crippen molar-refractivity contribution in [2.75, 3.05) is 7.05 Å². The van der Waals surface area contributed by atoms with Crippen LogP contribution in [0.5, 0.6) is 0 Å². The van der Waals surface area contributed by atoms with E-state index >= 15 is 0 Å². The first-order valence-electron chi connectivity index (χ1n) is 5.98. The first kappa shape index (κ1) is 15.1. The molecule has 0 unspecified atom stereocenters. The summed E-state index contributed by atoms with van der Waals surface area (Å²) in [5.41, 5.74) is 0.709. The lowest BCUT2D eigenvalue weighted by Gasteiger charge is -2.07. The van der Waals surface area contributed by atoms with E-state index in [1.165, 1.54) is 23.5 Å². The average molecular weight is 314 g/mol. The molecule has 1 aromatic heterocycles. The molecule has 0 bridgehead atoms. The molecule has 108 valence electrons. The van der Waals surface area contributed by atoms with Gasteiger partial charge in [0.1, 0.15) is 5.82 Å². The topological polar surface area (TPSA) is 58.2 Å². The molecule has 0 saturated carbocycles. The molecule has 0 radical (unpaired) electrons. The Morgan fingerprint density at radius 3 is 2.50 bits per heavy atom. The summed E-state index contributed by atoms with van der Waals surface area (Å²) in [4.78, 5) is 1.05. The van der Waals surface area contributed by atoms with Crippen molar-refractivity contribution >= 4 is 21.4 Å². The third-order valence-corrected chi connectivity index (χ3v) is 5.25. The van der Waals surface area contributed by atoms with Gasteiger partial charge < -0.3 is 5.32 Å². The maximum Gasteiger partial charge on any atom is 0.242 e. The zero-order chi connectivity index (χ0) is 14.6. The maximum atomic E-state index is 12.8. The van der Waals surface area contributed by atoms with Gasteiger partial charge in [-0.1, -0.05) is 12.1 Å². The molecule has 1 heterocycles. The highest BCUT2D eigenvalue weighted by Crippen LogP contribution is 2.21. The van der Waals surface area contributed by atoms with E-state index < -0.39 is 10.0 Å². The summed E-state index contributed by atoms with van der Waals surface area (Å²) in [6, 6.07) is 7.31. The van der Waals surface area contributed by atoms with Crippen LogP contribution in [0.4, 0.5) is 4.39 Å². The zero-order valence-electron chi connectivity index (χ0n) is 10.9. The van der Waals surface area contributed by atoms with Crippen LogP contribution in [0, 0.1) is 5.82 Å². The summed E-state index contributed by atoms with van der Waals surface area (Å²) in [5, 5.41) is 4.69. The Morgan fingerprint density at radius 1 is 1.15 bits per heavy atom. The fraction of sp³-hybridized carbons (Fsp3) is 0.231. The second-order valence-corrected chi connectivity index (χ2v) is 6.93. The van der Waals surface area contributed by atoms with E-state index in [1.54, 1.807) is 30.6 Å². The third-order valence-electron chi connectivity index (χ3n) is 2.71. The minimum absolute atomic E-state index is 0.136. The van der Waals surface area contributed by atoms with Crippen molar-refractivity contribution in [1.29, 1.82) is 0 Å². The Bertz CT molecular complexity index is 666. The van der Waals surface area contributed by atoms with Gasteiger partial charge in [-0.25, -0.2) is 17.5 Å². The van der Waals surface area contributed by atoms with E-state index in [4.69, 9.17) is 0 Å². The number of hydrogen-bond acceptors (Lipinski definition) is 4. The Morgan fingerprint density at radius 2 is 1.85 bits per heavy atom. The maximum absolute atomic E-state index is 12.8. The molecule has 0 fully saturated rings. The van der Waals surface area contributed by atoms with Crippen LogP contribution >= 0.6 is 11.3 Å². The summed E-state index contributed by atoms with van der Waals surface area (Å²) >= 11 is 1.39. The van der Waals surface area contributed by atoms with Gasteiger partial charge in [0.05, 0.1) is 4.90 Å². The number of rotatable bonds is 6. The van der Waals surface area contributed by atoms with Crippen molar-refractivity contribution in [3.63, 3.8) is 0 Å². The van der Waals surface area contributed by atoms with Crippen LogP contribution < -0.4 is 10.0 Å². The van der Waals surface area contributed by atoms with Gasteiger partial charge in [0, 0.05) is 18.0 Å². The van der Waals surface area contributed by atoms with Crippen LogP contribution in [-0.4, -0.2) is 15.5 Å². The molecule has 4 nitrogen and oxygen atoms in total. The molecule has 0 saturated heterocycles. The smallest absolute Gasteiger partial charge is 0.242 e. The monoisotopic (exact) mass is 314 g/mol. The standard InChI is InChI=1S/C13H15FN2O2S2/c1-15-9-12-13(6-7-19-12)20(17,18)16-8-10-2-4-11(14)5-3-10/h2-7,15-16H,8-9H2,1H3. The largest absolute Gasteiger partial charge is 0.315 e. The molecule has 0 amide bonds. The van der Waals surface area contributed by atoms with Crippen LogP contribution in [0.3, 0.4) is 0 Å². The predicted octanol–water partition coefficient (Wildman–Crippen LogP) is 2.09. The lowest BCUT2D eigenvalue weighted by Crippen LogP contribution is -2.24. The molecule has 0 atom stereocenters. The second kappa shape index (κ2) is 6.45. The predicted molar refractivity (Wildman–Crippen MR) is 77.5 cm³/mol. The van der Waals surface area contributed by atoms with E-state index in [-0.39, 0.29) is 12.4 Å². The van der Waals surface area contributed by atoms with Crippen LogP contribution in [0.15, 0.2) is 40.6 Å². The number of hydrogen-bond donors (Lipinski definition) is 2.